The highest BCUT2D eigenvalue weighted by atomic mass is 32.2. The summed E-state index contributed by atoms with van der Waals surface area (Å²) in [6, 6.07) is 10.5. The third-order valence-corrected chi connectivity index (χ3v) is 6.71. The van der Waals surface area contributed by atoms with Crippen molar-refractivity contribution >= 4 is 28.5 Å². The van der Waals surface area contributed by atoms with Crippen LogP contribution in [0.25, 0.3) is 22.2 Å². The van der Waals surface area contributed by atoms with Gasteiger partial charge < -0.3 is 9.80 Å². The van der Waals surface area contributed by atoms with Crippen LogP contribution in [0.2, 0.25) is 0 Å². The average molecular weight is 452 g/mol. The van der Waals surface area contributed by atoms with E-state index >= 15 is 8.78 Å². The highest BCUT2D eigenvalue weighted by Gasteiger charge is 2.21. The number of likely N-dealkylation sites (N-methyl/N-ethyl adjacent to an activating group) is 1. The van der Waals surface area contributed by atoms with E-state index in [0.717, 1.165) is 41.7 Å². The Kier molecular flexibility index (Phi) is 5.80. The van der Waals surface area contributed by atoms with E-state index in [-0.39, 0.29) is 5.69 Å². The zero-order valence-corrected chi connectivity index (χ0v) is 18.5. The SMILES string of the molecule is CN1CCCN(c2c(F)cc(Sn3ccc4c(-c5ccccn5)cncc43)cc2F)CC1. The van der Waals surface area contributed by atoms with Gasteiger partial charge in [0.25, 0.3) is 0 Å². The van der Waals surface area contributed by atoms with Gasteiger partial charge in [-0.3, -0.25) is 13.9 Å². The van der Waals surface area contributed by atoms with Gasteiger partial charge in [0.1, 0.15) is 5.69 Å². The molecule has 0 bridgehead atoms. The van der Waals surface area contributed by atoms with Gasteiger partial charge in [-0.2, -0.15) is 0 Å². The van der Waals surface area contributed by atoms with Gasteiger partial charge in [0.2, 0.25) is 0 Å². The molecule has 0 atom stereocenters. The molecule has 0 radical (unpaired) electrons. The number of hydrogen-bond acceptors (Lipinski definition) is 5. The third-order valence-electron chi connectivity index (χ3n) is 5.75. The van der Waals surface area contributed by atoms with Gasteiger partial charge in [-0.1, -0.05) is 6.07 Å². The summed E-state index contributed by atoms with van der Waals surface area (Å²) >= 11 is 1.27. The van der Waals surface area contributed by atoms with E-state index in [0.29, 0.717) is 18.0 Å². The van der Waals surface area contributed by atoms with Crippen molar-refractivity contribution in [2.24, 2.45) is 0 Å². The van der Waals surface area contributed by atoms with Gasteiger partial charge in [-0.25, -0.2) is 8.78 Å². The Bertz CT molecular complexity index is 1220. The molecule has 0 N–H and O–H groups in total. The topological polar surface area (TPSA) is 37.2 Å². The minimum absolute atomic E-state index is 0.0705. The van der Waals surface area contributed by atoms with Crippen molar-refractivity contribution in [2.75, 3.05) is 38.1 Å². The highest BCUT2D eigenvalue weighted by molar-refractivity contribution is 7.98. The van der Waals surface area contributed by atoms with Crippen LogP contribution in [0.1, 0.15) is 6.42 Å². The van der Waals surface area contributed by atoms with Crippen LogP contribution >= 0.6 is 11.9 Å². The third kappa shape index (κ3) is 4.08. The fourth-order valence-corrected chi connectivity index (χ4v) is 5.02. The van der Waals surface area contributed by atoms with E-state index in [1.807, 2.05) is 46.4 Å². The number of benzene rings is 1. The highest BCUT2D eigenvalue weighted by Crippen LogP contribution is 2.34. The molecule has 0 spiro atoms. The first-order valence-corrected chi connectivity index (χ1v) is 11.3. The molecular weight excluding hydrogens is 428 g/mol. The summed E-state index contributed by atoms with van der Waals surface area (Å²) in [7, 11) is 2.03. The van der Waals surface area contributed by atoms with Crippen molar-refractivity contribution in [3.63, 3.8) is 0 Å². The molecule has 3 aromatic heterocycles. The van der Waals surface area contributed by atoms with Crippen LogP contribution in [0, 0.1) is 11.6 Å². The molecule has 0 aliphatic carbocycles. The largest absolute Gasteiger partial charge is 0.365 e. The minimum atomic E-state index is -0.527. The predicted molar refractivity (Wildman–Crippen MR) is 125 cm³/mol. The molecule has 1 aliphatic rings. The Morgan fingerprint density at radius 2 is 1.81 bits per heavy atom. The second-order valence-corrected chi connectivity index (χ2v) is 8.99. The molecule has 32 heavy (non-hydrogen) atoms. The van der Waals surface area contributed by atoms with E-state index in [4.69, 9.17) is 0 Å². The summed E-state index contributed by atoms with van der Waals surface area (Å²) < 4.78 is 31.9. The first kappa shape index (κ1) is 20.9. The lowest BCUT2D eigenvalue weighted by Crippen LogP contribution is -2.30. The average Bonchev–Trinajstić information content (AvgIpc) is 3.07. The van der Waals surface area contributed by atoms with Crippen LogP contribution in [0.15, 0.2) is 66.1 Å². The Hall–Kier alpha value is -2.97. The molecule has 5 nitrogen and oxygen atoms in total. The van der Waals surface area contributed by atoms with Crippen LogP contribution in [0.4, 0.5) is 14.5 Å². The summed E-state index contributed by atoms with van der Waals surface area (Å²) in [5, 5.41) is 0.984. The molecule has 4 aromatic rings. The first-order valence-electron chi connectivity index (χ1n) is 10.6. The minimum Gasteiger partial charge on any atom is -0.365 e. The Morgan fingerprint density at radius 1 is 0.969 bits per heavy atom. The lowest BCUT2D eigenvalue weighted by atomic mass is 10.1. The molecule has 1 saturated heterocycles. The van der Waals surface area contributed by atoms with E-state index in [1.165, 1.54) is 24.1 Å². The zero-order chi connectivity index (χ0) is 22.1. The molecule has 1 fully saturated rings. The first-order chi connectivity index (χ1) is 15.6. The summed E-state index contributed by atoms with van der Waals surface area (Å²) in [6.45, 7) is 2.98. The molecule has 5 rings (SSSR count). The predicted octanol–water partition coefficient (Wildman–Crippen LogP) is 5.07. The van der Waals surface area contributed by atoms with Gasteiger partial charge in [0, 0.05) is 54.1 Å². The smallest absolute Gasteiger partial charge is 0.150 e. The fourth-order valence-electron chi connectivity index (χ4n) is 4.12. The number of halogens is 2. The maximum Gasteiger partial charge on any atom is 0.150 e. The van der Waals surface area contributed by atoms with Crippen molar-refractivity contribution < 1.29 is 8.78 Å². The van der Waals surface area contributed by atoms with Crippen LogP contribution in [-0.4, -0.2) is 52.1 Å². The second kappa shape index (κ2) is 8.88. The Balaban J connectivity index is 1.45. The van der Waals surface area contributed by atoms with Crippen molar-refractivity contribution in [1.82, 2.24) is 18.8 Å². The van der Waals surface area contributed by atoms with Crippen LogP contribution in [0.3, 0.4) is 0 Å². The number of nitrogens with zero attached hydrogens (tertiary/aromatic N) is 5. The quantitative estimate of drug-likeness (QED) is 0.433. The van der Waals surface area contributed by atoms with Gasteiger partial charge in [-0.15, -0.1) is 0 Å². The van der Waals surface area contributed by atoms with Gasteiger partial charge in [0.05, 0.1) is 17.4 Å². The molecule has 164 valence electrons. The molecule has 4 heterocycles. The molecule has 0 amide bonds. The van der Waals surface area contributed by atoms with Gasteiger partial charge in [-0.05, 0) is 62.3 Å². The van der Waals surface area contributed by atoms with Crippen molar-refractivity contribution in [3.05, 3.63) is 72.8 Å². The van der Waals surface area contributed by atoms with E-state index in [9.17, 15) is 0 Å². The monoisotopic (exact) mass is 451 g/mol. The lowest BCUT2D eigenvalue weighted by molar-refractivity contribution is 0.360. The lowest BCUT2D eigenvalue weighted by Gasteiger charge is -2.24. The van der Waals surface area contributed by atoms with Crippen molar-refractivity contribution in [3.8, 4) is 11.3 Å². The number of anilines is 1. The summed E-state index contributed by atoms with van der Waals surface area (Å²) in [4.78, 5) is 13.3. The van der Waals surface area contributed by atoms with E-state index in [1.54, 1.807) is 18.6 Å². The molecule has 8 heteroatoms. The maximum absolute atomic E-state index is 15.0. The second-order valence-electron chi connectivity index (χ2n) is 7.95. The summed E-state index contributed by atoms with van der Waals surface area (Å²) in [6.07, 6.45) is 8.05. The normalized spacial score (nSPS) is 15.3. The number of rotatable bonds is 4. The number of aromatic nitrogens is 3. The molecule has 0 unspecified atom stereocenters. The van der Waals surface area contributed by atoms with Gasteiger partial charge in [0.15, 0.2) is 11.6 Å². The van der Waals surface area contributed by atoms with Crippen molar-refractivity contribution in [1.29, 1.82) is 0 Å². The van der Waals surface area contributed by atoms with E-state index < -0.39 is 11.6 Å². The Morgan fingerprint density at radius 3 is 2.59 bits per heavy atom. The molecule has 1 aromatic carbocycles. The zero-order valence-electron chi connectivity index (χ0n) is 17.7. The van der Waals surface area contributed by atoms with Crippen LogP contribution in [0.5, 0.6) is 0 Å². The maximum atomic E-state index is 15.0. The number of pyridine rings is 2. The summed E-state index contributed by atoms with van der Waals surface area (Å²) in [5.74, 6) is -1.05. The number of fused-ring (bicyclic) bond motifs is 1. The van der Waals surface area contributed by atoms with Crippen LogP contribution in [-0.2, 0) is 0 Å². The van der Waals surface area contributed by atoms with Crippen molar-refractivity contribution in [2.45, 2.75) is 11.3 Å². The summed E-state index contributed by atoms with van der Waals surface area (Å²) in [5.41, 5.74) is 2.68. The standard InChI is InChI=1S/C24H23F2N5S/c1-29-8-4-9-30(12-11-29)24-20(25)13-17(14-21(24)26)32-31-10-6-18-19(15-27-16-23(18)31)22-5-2-3-7-28-22/h2-3,5-7,10,13-16H,4,8-9,11-12H2,1H3. The van der Waals surface area contributed by atoms with E-state index in [2.05, 4.69) is 14.9 Å². The fraction of sp³-hybridized carbons (Fsp3) is 0.250. The molecule has 0 saturated carbocycles. The molecule has 1 aliphatic heterocycles. The van der Waals surface area contributed by atoms with Gasteiger partial charge >= 0.3 is 0 Å². The van der Waals surface area contributed by atoms with Crippen LogP contribution < -0.4 is 4.90 Å². The Labute approximate surface area is 189 Å². The molecular formula is C24H23F2N5S. The number of hydrogen-bond donors (Lipinski definition) is 0.